The number of nitrogens with zero attached hydrogens (tertiary/aromatic N) is 2. The number of rotatable bonds is 3. The predicted molar refractivity (Wildman–Crippen MR) is 102 cm³/mol. The van der Waals surface area contributed by atoms with E-state index < -0.39 is 17.8 Å². The van der Waals surface area contributed by atoms with Crippen LogP contribution in [-0.2, 0) is 0 Å². The van der Waals surface area contributed by atoms with E-state index in [1.165, 1.54) is 24.4 Å². The van der Waals surface area contributed by atoms with Crippen molar-refractivity contribution in [2.45, 2.75) is 0 Å². The number of hydrogen-bond acceptors (Lipinski definition) is 3. The quantitative estimate of drug-likeness (QED) is 0.667. The van der Waals surface area contributed by atoms with Gasteiger partial charge in [0.05, 0.1) is 16.9 Å². The molecule has 0 aliphatic heterocycles. The van der Waals surface area contributed by atoms with E-state index in [-0.39, 0.29) is 16.4 Å². The number of amides is 3. The first kappa shape index (κ1) is 19.9. The van der Waals surface area contributed by atoms with Gasteiger partial charge in [0, 0.05) is 6.20 Å². The molecule has 4 N–H and O–H groups in total. The standard InChI is InChI=1S/C13H11FN2O.C6H5ClN2O/c14-11-8-4-5-9-12(11)16(13(15)17)10-6-2-1-3-7-10;7-5-4(6(8)10)2-1-3-9-5/h1-9H,(H2,15,17);1-3H,(H2,8,10). The summed E-state index contributed by atoms with van der Waals surface area (Å²) in [5.41, 5.74) is 11.2. The van der Waals surface area contributed by atoms with Gasteiger partial charge in [-0.3, -0.25) is 9.69 Å². The second kappa shape index (κ2) is 9.30. The van der Waals surface area contributed by atoms with Gasteiger partial charge >= 0.3 is 6.03 Å². The molecule has 138 valence electrons. The molecule has 1 aromatic heterocycles. The molecular formula is C19H16ClFN4O2. The average Bonchev–Trinajstić information content (AvgIpc) is 2.65. The highest BCUT2D eigenvalue weighted by atomic mass is 35.5. The number of pyridine rings is 1. The SMILES string of the molecule is NC(=O)N(c1ccccc1)c1ccccc1F.NC(=O)c1cccnc1Cl. The van der Waals surface area contributed by atoms with Crippen LogP contribution in [0.1, 0.15) is 10.4 Å². The smallest absolute Gasteiger partial charge is 0.323 e. The molecule has 3 aromatic rings. The summed E-state index contributed by atoms with van der Waals surface area (Å²) < 4.78 is 13.6. The largest absolute Gasteiger partial charge is 0.366 e. The van der Waals surface area contributed by atoms with Crippen LogP contribution in [0.3, 0.4) is 0 Å². The fraction of sp³-hybridized carbons (Fsp3) is 0. The molecule has 3 rings (SSSR count). The zero-order chi connectivity index (χ0) is 19.8. The van der Waals surface area contributed by atoms with Crippen LogP contribution < -0.4 is 16.4 Å². The maximum atomic E-state index is 13.6. The van der Waals surface area contributed by atoms with Crippen molar-refractivity contribution < 1.29 is 14.0 Å². The Labute approximate surface area is 160 Å². The van der Waals surface area contributed by atoms with E-state index in [9.17, 15) is 14.0 Å². The van der Waals surface area contributed by atoms with E-state index in [4.69, 9.17) is 23.1 Å². The van der Waals surface area contributed by atoms with Gasteiger partial charge in [0.2, 0.25) is 0 Å². The lowest BCUT2D eigenvalue weighted by atomic mass is 10.2. The molecule has 0 radical (unpaired) electrons. The normalized spacial score (nSPS) is 9.70. The Hall–Kier alpha value is -3.45. The molecule has 0 spiro atoms. The highest BCUT2D eigenvalue weighted by Crippen LogP contribution is 2.27. The third-order valence-electron chi connectivity index (χ3n) is 3.35. The summed E-state index contributed by atoms with van der Waals surface area (Å²) in [7, 11) is 0. The third-order valence-corrected chi connectivity index (χ3v) is 3.65. The number of hydrogen-bond donors (Lipinski definition) is 2. The van der Waals surface area contributed by atoms with Crippen LogP contribution in [0.2, 0.25) is 5.15 Å². The minimum atomic E-state index is -0.721. The lowest BCUT2D eigenvalue weighted by molar-refractivity contribution is 0.1000. The maximum Gasteiger partial charge on any atom is 0.323 e. The third kappa shape index (κ3) is 5.26. The number of nitrogens with two attached hydrogens (primary N) is 2. The molecule has 0 unspecified atom stereocenters. The van der Waals surface area contributed by atoms with Crippen molar-refractivity contribution in [3.63, 3.8) is 0 Å². The zero-order valence-corrected chi connectivity index (χ0v) is 14.8. The number of para-hydroxylation sites is 2. The van der Waals surface area contributed by atoms with E-state index >= 15 is 0 Å². The van der Waals surface area contributed by atoms with Crippen LogP contribution in [0.4, 0.5) is 20.6 Å². The number of carbonyl (C=O) groups excluding carboxylic acids is 2. The monoisotopic (exact) mass is 386 g/mol. The Kier molecular flexibility index (Phi) is 6.85. The number of primary amides is 2. The van der Waals surface area contributed by atoms with Crippen LogP contribution in [0, 0.1) is 5.82 Å². The summed E-state index contributed by atoms with van der Waals surface area (Å²) in [4.78, 5) is 26.8. The topological polar surface area (TPSA) is 102 Å². The zero-order valence-electron chi connectivity index (χ0n) is 14.0. The van der Waals surface area contributed by atoms with Crippen LogP contribution >= 0.6 is 11.6 Å². The second-order valence-electron chi connectivity index (χ2n) is 5.17. The Morgan fingerprint density at radius 3 is 2.07 bits per heavy atom. The maximum absolute atomic E-state index is 13.6. The molecule has 1 heterocycles. The van der Waals surface area contributed by atoms with Crippen LogP contribution in [0.15, 0.2) is 72.9 Å². The summed E-state index contributed by atoms with van der Waals surface area (Å²) in [6.45, 7) is 0. The van der Waals surface area contributed by atoms with Crippen molar-refractivity contribution in [2.75, 3.05) is 4.90 Å². The van der Waals surface area contributed by atoms with E-state index in [0.717, 1.165) is 4.90 Å². The summed E-state index contributed by atoms with van der Waals surface area (Å²) in [6, 6.07) is 17.1. The molecule has 0 saturated carbocycles. The summed E-state index contributed by atoms with van der Waals surface area (Å²) in [6.07, 6.45) is 1.49. The van der Waals surface area contributed by atoms with Gasteiger partial charge in [0.25, 0.3) is 5.91 Å². The number of benzene rings is 2. The minimum absolute atomic E-state index is 0.145. The fourth-order valence-corrected chi connectivity index (χ4v) is 2.38. The number of halogens is 2. The van der Waals surface area contributed by atoms with Crippen molar-refractivity contribution in [3.05, 3.63) is 89.5 Å². The molecule has 0 aliphatic carbocycles. The average molecular weight is 387 g/mol. The number of carbonyl (C=O) groups is 2. The number of aromatic nitrogens is 1. The van der Waals surface area contributed by atoms with Crippen LogP contribution in [-0.4, -0.2) is 16.9 Å². The highest BCUT2D eigenvalue weighted by molar-refractivity contribution is 6.32. The predicted octanol–water partition coefficient (Wildman–Crippen LogP) is 3.88. The van der Waals surface area contributed by atoms with Crippen molar-refractivity contribution in [1.29, 1.82) is 0 Å². The van der Waals surface area contributed by atoms with Crippen molar-refractivity contribution in [3.8, 4) is 0 Å². The molecule has 0 fully saturated rings. The molecule has 6 nitrogen and oxygen atoms in total. The van der Waals surface area contributed by atoms with Gasteiger partial charge in [-0.1, -0.05) is 41.9 Å². The van der Waals surface area contributed by atoms with Gasteiger partial charge in [-0.15, -0.1) is 0 Å². The molecule has 0 aliphatic rings. The lowest BCUT2D eigenvalue weighted by Gasteiger charge is -2.20. The van der Waals surface area contributed by atoms with E-state index in [1.807, 2.05) is 6.07 Å². The Bertz CT molecular complexity index is 938. The van der Waals surface area contributed by atoms with Crippen LogP contribution in [0.25, 0.3) is 0 Å². The van der Waals surface area contributed by atoms with Gasteiger partial charge in [0.1, 0.15) is 11.0 Å². The molecule has 2 aromatic carbocycles. The lowest BCUT2D eigenvalue weighted by Crippen LogP contribution is -2.32. The van der Waals surface area contributed by atoms with Crippen molar-refractivity contribution in [2.24, 2.45) is 11.5 Å². The first-order valence-electron chi connectivity index (χ1n) is 7.71. The Balaban J connectivity index is 0.000000223. The van der Waals surface area contributed by atoms with Gasteiger partial charge in [-0.05, 0) is 36.4 Å². The first-order chi connectivity index (χ1) is 12.9. The number of anilines is 2. The molecule has 27 heavy (non-hydrogen) atoms. The van der Waals surface area contributed by atoms with Gasteiger partial charge in [-0.2, -0.15) is 0 Å². The van der Waals surface area contributed by atoms with Crippen molar-refractivity contribution in [1.82, 2.24) is 4.98 Å². The summed E-state index contributed by atoms with van der Waals surface area (Å²) >= 11 is 5.51. The van der Waals surface area contributed by atoms with Crippen LogP contribution in [0.5, 0.6) is 0 Å². The highest BCUT2D eigenvalue weighted by Gasteiger charge is 2.17. The van der Waals surface area contributed by atoms with Gasteiger partial charge in [0.15, 0.2) is 0 Å². The van der Waals surface area contributed by atoms with Gasteiger partial charge < -0.3 is 11.5 Å². The molecular weight excluding hydrogens is 371 g/mol. The van der Waals surface area contributed by atoms with E-state index in [2.05, 4.69) is 4.98 Å². The molecule has 0 saturated heterocycles. The Morgan fingerprint density at radius 1 is 0.926 bits per heavy atom. The fourth-order valence-electron chi connectivity index (χ4n) is 2.17. The summed E-state index contributed by atoms with van der Waals surface area (Å²) in [5, 5.41) is 0.148. The van der Waals surface area contributed by atoms with E-state index in [1.54, 1.807) is 42.5 Å². The van der Waals surface area contributed by atoms with E-state index in [0.29, 0.717) is 5.69 Å². The molecule has 0 bridgehead atoms. The van der Waals surface area contributed by atoms with Gasteiger partial charge in [-0.25, -0.2) is 14.2 Å². The van der Waals surface area contributed by atoms with Crippen molar-refractivity contribution >= 4 is 34.9 Å². The molecule has 8 heteroatoms. The second-order valence-corrected chi connectivity index (χ2v) is 5.52. The molecule has 0 atom stereocenters. The number of urea groups is 1. The Morgan fingerprint density at radius 2 is 1.56 bits per heavy atom. The summed E-state index contributed by atoms with van der Waals surface area (Å²) in [5.74, 6) is -1.05. The first-order valence-corrected chi connectivity index (χ1v) is 8.09. The minimum Gasteiger partial charge on any atom is -0.366 e. The molecule has 3 amide bonds.